The Bertz CT molecular complexity index is 593. The lowest BCUT2D eigenvalue weighted by molar-refractivity contribution is -0.123. The van der Waals surface area contributed by atoms with E-state index in [1.54, 1.807) is 36.0 Å². The molecule has 0 bridgehead atoms. The molecule has 0 radical (unpaired) electrons. The van der Waals surface area contributed by atoms with E-state index in [0.29, 0.717) is 0 Å². The first kappa shape index (κ1) is 16.3. The monoisotopic (exact) mass is 328 g/mol. The van der Waals surface area contributed by atoms with E-state index < -0.39 is 9.84 Å². The second-order valence-electron chi connectivity index (χ2n) is 5.15. The fourth-order valence-electron chi connectivity index (χ4n) is 2.13. The predicted molar refractivity (Wildman–Crippen MR) is 85.2 cm³/mol. The number of hydrogen-bond acceptors (Lipinski definition) is 5. The SMILES string of the molecule is CC(NC(=O)C1CSCCN1)c1ccc(S(C)(=O)=O)cc1. The van der Waals surface area contributed by atoms with Gasteiger partial charge in [0.1, 0.15) is 0 Å². The van der Waals surface area contributed by atoms with Gasteiger partial charge in [-0.25, -0.2) is 8.42 Å². The highest BCUT2D eigenvalue weighted by molar-refractivity contribution is 7.99. The lowest BCUT2D eigenvalue weighted by atomic mass is 10.1. The maximum atomic E-state index is 12.1. The zero-order chi connectivity index (χ0) is 15.5. The molecule has 0 aromatic heterocycles. The maximum Gasteiger partial charge on any atom is 0.238 e. The average molecular weight is 328 g/mol. The van der Waals surface area contributed by atoms with Gasteiger partial charge in [-0.05, 0) is 24.6 Å². The van der Waals surface area contributed by atoms with E-state index in [1.165, 1.54) is 6.26 Å². The molecule has 2 unspecified atom stereocenters. The van der Waals surface area contributed by atoms with E-state index >= 15 is 0 Å². The number of hydrogen-bond donors (Lipinski definition) is 2. The van der Waals surface area contributed by atoms with Crippen molar-refractivity contribution in [1.29, 1.82) is 0 Å². The molecular formula is C14H20N2O3S2. The van der Waals surface area contributed by atoms with Crippen LogP contribution in [-0.4, -0.2) is 44.7 Å². The van der Waals surface area contributed by atoms with Crippen LogP contribution < -0.4 is 10.6 Å². The molecule has 21 heavy (non-hydrogen) atoms. The first-order valence-corrected chi connectivity index (χ1v) is 9.84. The molecule has 0 aliphatic carbocycles. The van der Waals surface area contributed by atoms with Gasteiger partial charge in [0.05, 0.1) is 17.0 Å². The number of thioether (sulfide) groups is 1. The van der Waals surface area contributed by atoms with Crippen LogP contribution in [0.15, 0.2) is 29.2 Å². The van der Waals surface area contributed by atoms with Gasteiger partial charge < -0.3 is 10.6 Å². The van der Waals surface area contributed by atoms with Gasteiger partial charge in [-0.1, -0.05) is 12.1 Å². The van der Waals surface area contributed by atoms with Crippen molar-refractivity contribution in [2.45, 2.75) is 23.9 Å². The summed E-state index contributed by atoms with van der Waals surface area (Å²) in [6.07, 6.45) is 1.18. The first-order valence-electron chi connectivity index (χ1n) is 6.79. The molecule has 2 rings (SSSR count). The van der Waals surface area contributed by atoms with Gasteiger partial charge in [0.15, 0.2) is 9.84 Å². The molecule has 1 aromatic carbocycles. The van der Waals surface area contributed by atoms with E-state index in [0.717, 1.165) is 23.6 Å². The Hall–Kier alpha value is -1.05. The summed E-state index contributed by atoms with van der Waals surface area (Å²) < 4.78 is 22.8. The number of carbonyl (C=O) groups is 1. The van der Waals surface area contributed by atoms with E-state index in [2.05, 4.69) is 10.6 Å². The summed E-state index contributed by atoms with van der Waals surface area (Å²) in [6, 6.07) is 6.32. The van der Waals surface area contributed by atoms with Gasteiger partial charge in [-0.3, -0.25) is 4.79 Å². The van der Waals surface area contributed by atoms with Gasteiger partial charge in [-0.15, -0.1) is 0 Å². The average Bonchev–Trinajstić information content (AvgIpc) is 2.47. The van der Waals surface area contributed by atoms with Gasteiger partial charge in [0, 0.05) is 24.3 Å². The molecule has 5 nitrogen and oxygen atoms in total. The summed E-state index contributed by atoms with van der Waals surface area (Å²) in [4.78, 5) is 12.4. The number of carbonyl (C=O) groups excluding carboxylic acids is 1. The van der Waals surface area contributed by atoms with Gasteiger partial charge in [-0.2, -0.15) is 11.8 Å². The number of sulfone groups is 1. The smallest absolute Gasteiger partial charge is 0.238 e. The Kier molecular flexibility index (Phi) is 5.29. The van der Waals surface area contributed by atoms with Crippen molar-refractivity contribution >= 4 is 27.5 Å². The molecule has 0 spiro atoms. The third-order valence-corrected chi connectivity index (χ3v) is 5.60. The van der Waals surface area contributed by atoms with E-state index in [9.17, 15) is 13.2 Å². The summed E-state index contributed by atoms with van der Waals surface area (Å²) in [5.41, 5.74) is 0.888. The van der Waals surface area contributed by atoms with Crippen LogP contribution in [0.4, 0.5) is 0 Å². The number of rotatable bonds is 4. The molecule has 1 aliphatic rings. The van der Waals surface area contributed by atoms with Crippen LogP contribution in [0.1, 0.15) is 18.5 Å². The molecular weight excluding hydrogens is 308 g/mol. The van der Waals surface area contributed by atoms with Crippen LogP contribution in [0.25, 0.3) is 0 Å². The molecule has 7 heteroatoms. The van der Waals surface area contributed by atoms with Crippen molar-refractivity contribution in [2.75, 3.05) is 24.3 Å². The van der Waals surface area contributed by atoms with Gasteiger partial charge >= 0.3 is 0 Å². The van der Waals surface area contributed by atoms with Gasteiger partial charge in [0.25, 0.3) is 0 Å². The zero-order valence-corrected chi connectivity index (χ0v) is 13.8. The van der Waals surface area contributed by atoms with Crippen LogP contribution in [0.5, 0.6) is 0 Å². The molecule has 1 aliphatic heterocycles. The molecule has 1 amide bonds. The first-order chi connectivity index (χ1) is 9.88. The Labute approximate surface area is 129 Å². The highest BCUT2D eigenvalue weighted by Crippen LogP contribution is 2.17. The van der Waals surface area contributed by atoms with E-state index in [1.807, 2.05) is 6.92 Å². The minimum absolute atomic E-state index is 0.0121. The summed E-state index contributed by atoms with van der Waals surface area (Å²) in [5.74, 6) is 1.81. The van der Waals surface area contributed by atoms with Crippen molar-refractivity contribution in [3.8, 4) is 0 Å². The summed E-state index contributed by atoms with van der Waals surface area (Å²) in [5, 5.41) is 6.15. The second-order valence-corrected chi connectivity index (χ2v) is 8.32. The lowest BCUT2D eigenvalue weighted by Gasteiger charge is -2.24. The van der Waals surface area contributed by atoms with Crippen molar-refractivity contribution in [3.05, 3.63) is 29.8 Å². The molecule has 1 saturated heterocycles. The van der Waals surface area contributed by atoms with Crippen LogP contribution >= 0.6 is 11.8 Å². The molecule has 1 aromatic rings. The Morgan fingerprint density at radius 2 is 2.05 bits per heavy atom. The number of amides is 1. The summed E-state index contributed by atoms with van der Waals surface area (Å²) >= 11 is 1.77. The Morgan fingerprint density at radius 1 is 1.38 bits per heavy atom. The normalized spacial score (nSPS) is 20.8. The maximum absolute atomic E-state index is 12.1. The van der Waals surface area contributed by atoms with Crippen LogP contribution in [0.2, 0.25) is 0 Å². The Morgan fingerprint density at radius 3 is 2.57 bits per heavy atom. The summed E-state index contributed by atoms with van der Waals surface area (Å²) in [7, 11) is -3.19. The van der Waals surface area contributed by atoms with E-state index in [4.69, 9.17) is 0 Å². The summed E-state index contributed by atoms with van der Waals surface area (Å²) in [6.45, 7) is 2.74. The third kappa shape index (κ3) is 4.46. The highest BCUT2D eigenvalue weighted by atomic mass is 32.2. The van der Waals surface area contributed by atoms with Crippen LogP contribution in [0.3, 0.4) is 0 Å². The Balaban J connectivity index is 1.99. The predicted octanol–water partition coefficient (Wildman–Crippen LogP) is 0.972. The standard InChI is InChI=1S/C14H20N2O3S2/c1-10(16-14(17)13-9-20-8-7-15-13)11-3-5-12(6-4-11)21(2,18)19/h3-6,10,13,15H,7-9H2,1-2H3,(H,16,17). The number of benzene rings is 1. The molecule has 1 heterocycles. The van der Waals surface area contributed by atoms with Crippen molar-refractivity contribution in [1.82, 2.24) is 10.6 Å². The molecule has 116 valence electrons. The highest BCUT2D eigenvalue weighted by Gasteiger charge is 2.22. The lowest BCUT2D eigenvalue weighted by Crippen LogP contribution is -2.49. The van der Waals surface area contributed by atoms with Crippen LogP contribution in [0, 0.1) is 0 Å². The number of nitrogens with one attached hydrogen (secondary N) is 2. The second kappa shape index (κ2) is 6.81. The molecule has 0 saturated carbocycles. The third-order valence-electron chi connectivity index (χ3n) is 3.41. The van der Waals surface area contributed by atoms with Crippen LogP contribution in [-0.2, 0) is 14.6 Å². The molecule has 2 N–H and O–H groups in total. The largest absolute Gasteiger partial charge is 0.348 e. The van der Waals surface area contributed by atoms with Crippen molar-refractivity contribution in [3.63, 3.8) is 0 Å². The quantitative estimate of drug-likeness (QED) is 0.861. The molecule has 2 atom stereocenters. The minimum atomic E-state index is -3.19. The van der Waals surface area contributed by atoms with E-state index in [-0.39, 0.29) is 22.9 Å². The van der Waals surface area contributed by atoms with Crippen molar-refractivity contribution < 1.29 is 13.2 Å². The molecule has 1 fully saturated rings. The topological polar surface area (TPSA) is 75.3 Å². The van der Waals surface area contributed by atoms with Gasteiger partial charge in [0.2, 0.25) is 5.91 Å². The fraction of sp³-hybridized carbons (Fsp3) is 0.500. The fourth-order valence-corrected chi connectivity index (χ4v) is 3.70. The van der Waals surface area contributed by atoms with Crippen molar-refractivity contribution in [2.24, 2.45) is 0 Å². The zero-order valence-electron chi connectivity index (χ0n) is 12.1. The minimum Gasteiger partial charge on any atom is -0.348 e.